The molecule has 36 heavy (non-hydrogen) atoms. The number of ether oxygens (including phenoxy) is 2. The van der Waals surface area contributed by atoms with E-state index in [4.69, 9.17) is 26.3 Å². The predicted octanol–water partition coefficient (Wildman–Crippen LogP) is 6.00. The molecule has 0 heterocycles. The first kappa shape index (κ1) is 26.5. The molecule has 3 aromatic carbocycles. The SMILES string of the molecule is C[C@@](COc1ccc(Cl)c(F)c1)(OC(=O)c1ccccc1)C(=O)Nc1ccc(C#N)c(C(F)(F)F)c1. The van der Waals surface area contributed by atoms with Crippen molar-refractivity contribution in [1.82, 2.24) is 0 Å². The molecule has 0 spiro atoms. The summed E-state index contributed by atoms with van der Waals surface area (Å²) in [6.45, 7) is 0.560. The first-order valence-corrected chi connectivity index (χ1v) is 10.6. The van der Waals surface area contributed by atoms with Crippen LogP contribution in [0.1, 0.15) is 28.4 Å². The molecule has 6 nitrogen and oxygen atoms in total. The van der Waals surface area contributed by atoms with Gasteiger partial charge in [-0.3, -0.25) is 4.79 Å². The third-order valence-electron chi connectivity index (χ3n) is 4.92. The number of hydrogen-bond donors (Lipinski definition) is 1. The lowest BCUT2D eigenvalue weighted by molar-refractivity contribution is -0.138. The summed E-state index contributed by atoms with van der Waals surface area (Å²) in [5.41, 5.74) is -4.15. The topological polar surface area (TPSA) is 88.4 Å². The molecule has 186 valence electrons. The molecule has 11 heteroatoms. The van der Waals surface area contributed by atoms with Crippen LogP contribution >= 0.6 is 11.6 Å². The number of nitriles is 1. The van der Waals surface area contributed by atoms with E-state index in [0.29, 0.717) is 6.07 Å². The number of nitrogens with zero attached hydrogens (tertiary/aromatic N) is 1. The average molecular weight is 521 g/mol. The highest BCUT2D eigenvalue weighted by molar-refractivity contribution is 6.30. The normalized spacial score (nSPS) is 12.7. The van der Waals surface area contributed by atoms with Gasteiger partial charge in [0, 0.05) is 11.8 Å². The lowest BCUT2D eigenvalue weighted by Gasteiger charge is -2.28. The Kier molecular flexibility index (Phi) is 7.85. The summed E-state index contributed by atoms with van der Waals surface area (Å²) in [5, 5.41) is 11.1. The van der Waals surface area contributed by atoms with Crippen molar-refractivity contribution in [3.63, 3.8) is 0 Å². The van der Waals surface area contributed by atoms with Crippen LogP contribution in [0.4, 0.5) is 23.2 Å². The van der Waals surface area contributed by atoms with Crippen molar-refractivity contribution >= 4 is 29.2 Å². The Balaban J connectivity index is 1.90. The second-order valence-corrected chi connectivity index (χ2v) is 8.08. The Labute approximate surface area is 208 Å². The summed E-state index contributed by atoms with van der Waals surface area (Å²) in [6.07, 6.45) is -4.85. The van der Waals surface area contributed by atoms with E-state index in [1.165, 1.54) is 37.3 Å². The van der Waals surface area contributed by atoms with Gasteiger partial charge < -0.3 is 14.8 Å². The predicted molar refractivity (Wildman–Crippen MR) is 122 cm³/mol. The quantitative estimate of drug-likeness (QED) is 0.305. The number of benzene rings is 3. The smallest absolute Gasteiger partial charge is 0.417 e. The lowest BCUT2D eigenvalue weighted by atomic mass is 10.0. The Morgan fingerprint density at radius 1 is 1.06 bits per heavy atom. The minimum atomic E-state index is -4.85. The highest BCUT2D eigenvalue weighted by atomic mass is 35.5. The number of carbonyl (C=O) groups excluding carboxylic acids is 2. The van der Waals surface area contributed by atoms with Gasteiger partial charge in [-0.2, -0.15) is 18.4 Å². The number of halogens is 5. The van der Waals surface area contributed by atoms with Crippen LogP contribution in [0, 0.1) is 17.1 Å². The summed E-state index contributed by atoms with van der Waals surface area (Å²) >= 11 is 5.65. The highest BCUT2D eigenvalue weighted by Crippen LogP contribution is 2.34. The van der Waals surface area contributed by atoms with Gasteiger partial charge in [0.1, 0.15) is 18.2 Å². The van der Waals surface area contributed by atoms with Crippen LogP contribution in [0.25, 0.3) is 0 Å². The fourth-order valence-corrected chi connectivity index (χ4v) is 3.10. The van der Waals surface area contributed by atoms with E-state index in [-0.39, 0.29) is 22.0 Å². The molecule has 0 aromatic heterocycles. The second-order valence-electron chi connectivity index (χ2n) is 7.68. The molecule has 0 fully saturated rings. The van der Waals surface area contributed by atoms with E-state index in [2.05, 4.69) is 5.32 Å². The van der Waals surface area contributed by atoms with Crippen molar-refractivity contribution in [3.05, 3.63) is 94.3 Å². The number of alkyl halides is 3. The maximum atomic E-state index is 13.8. The number of anilines is 1. The molecular formula is C25H17ClF4N2O4. The van der Waals surface area contributed by atoms with Gasteiger partial charge in [-0.25, -0.2) is 9.18 Å². The van der Waals surface area contributed by atoms with E-state index in [1.807, 2.05) is 0 Å². The monoisotopic (exact) mass is 520 g/mol. The standard InChI is InChI=1S/C25H17ClF4N2O4/c1-24(36-22(33)15-5-3-2-4-6-15,14-35-18-9-10-20(26)21(27)12-18)23(34)32-17-8-7-16(13-31)19(11-17)25(28,29)30/h2-12H,14H2,1H3,(H,32,34)/t24-/m0/s1. The van der Waals surface area contributed by atoms with Gasteiger partial charge >= 0.3 is 12.1 Å². The Hall–Kier alpha value is -4.10. The number of hydrogen-bond acceptors (Lipinski definition) is 5. The first-order valence-electron chi connectivity index (χ1n) is 10.2. The molecule has 0 aliphatic rings. The molecule has 3 aromatic rings. The van der Waals surface area contributed by atoms with Gasteiger partial charge in [-0.05, 0) is 49.4 Å². The van der Waals surface area contributed by atoms with Crippen LogP contribution in [-0.4, -0.2) is 24.1 Å². The highest BCUT2D eigenvalue weighted by Gasteiger charge is 2.40. The molecule has 0 aliphatic heterocycles. The zero-order valence-corrected chi connectivity index (χ0v) is 19.3. The largest absolute Gasteiger partial charge is 0.489 e. The minimum absolute atomic E-state index is 0.0376. The Morgan fingerprint density at radius 3 is 2.36 bits per heavy atom. The summed E-state index contributed by atoms with van der Waals surface area (Å²) < 4.78 is 64.6. The van der Waals surface area contributed by atoms with Crippen LogP contribution in [0.5, 0.6) is 5.75 Å². The van der Waals surface area contributed by atoms with Crippen molar-refractivity contribution in [2.45, 2.75) is 18.7 Å². The van der Waals surface area contributed by atoms with Gasteiger partial charge in [0.05, 0.1) is 27.8 Å². The van der Waals surface area contributed by atoms with Gasteiger partial charge in [-0.15, -0.1) is 0 Å². The molecule has 0 aliphatic carbocycles. The van der Waals surface area contributed by atoms with Crippen LogP contribution in [-0.2, 0) is 15.7 Å². The fourth-order valence-electron chi connectivity index (χ4n) is 2.98. The molecule has 1 N–H and O–H groups in total. The maximum Gasteiger partial charge on any atom is 0.417 e. The third-order valence-corrected chi connectivity index (χ3v) is 5.22. The molecule has 0 unspecified atom stereocenters. The number of nitrogens with one attached hydrogen (secondary N) is 1. The zero-order chi connectivity index (χ0) is 26.5. The van der Waals surface area contributed by atoms with E-state index in [0.717, 1.165) is 18.2 Å². The zero-order valence-electron chi connectivity index (χ0n) is 18.5. The van der Waals surface area contributed by atoms with E-state index in [9.17, 15) is 27.2 Å². The van der Waals surface area contributed by atoms with Crippen molar-refractivity contribution < 1.29 is 36.6 Å². The second kappa shape index (κ2) is 10.7. The van der Waals surface area contributed by atoms with E-state index in [1.54, 1.807) is 18.2 Å². The van der Waals surface area contributed by atoms with E-state index < -0.39 is 47.2 Å². The van der Waals surface area contributed by atoms with E-state index >= 15 is 0 Å². The first-order chi connectivity index (χ1) is 16.9. The molecule has 3 rings (SSSR count). The Bertz CT molecular complexity index is 1330. The van der Waals surface area contributed by atoms with Crippen molar-refractivity contribution in [3.8, 4) is 11.8 Å². The maximum absolute atomic E-state index is 13.8. The molecular weight excluding hydrogens is 504 g/mol. The van der Waals surface area contributed by atoms with Crippen LogP contribution in [0.3, 0.4) is 0 Å². The summed E-state index contributed by atoms with van der Waals surface area (Å²) in [5.74, 6) is -2.77. The van der Waals surface area contributed by atoms with Crippen molar-refractivity contribution in [2.24, 2.45) is 0 Å². The summed E-state index contributed by atoms with van der Waals surface area (Å²) in [4.78, 5) is 25.8. The van der Waals surface area contributed by atoms with Gasteiger partial charge in [0.15, 0.2) is 0 Å². The van der Waals surface area contributed by atoms with Crippen molar-refractivity contribution in [1.29, 1.82) is 5.26 Å². The molecule has 0 radical (unpaired) electrons. The average Bonchev–Trinajstić information content (AvgIpc) is 2.84. The number of esters is 1. The Morgan fingerprint density at radius 2 is 1.75 bits per heavy atom. The van der Waals surface area contributed by atoms with Crippen molar-refractivity contribution in [2.75, 3.05) is 11.9 Å². The molecule has 1 atom stereocenters. The summed E-state index contributed by atoms with van der Waals surface area (Å²) in [6, 6.07) is 15.2. The lowest BCUT2D eigenvalue weighted by Crippen LogP contribution is -2.49. The number of amides is 1. The minimum Gasteiger partial charge on any atom is -0.489 e. The molecule has 0 saturated heterocycles. The van der Waals surface area contributed by atoms with Crippen LogP contribution < -0.4 is 10.1 Å². The summed E-state index contributed by atoms with van der Waals surface area (Å²) in [7, 11) is 0. The van der Waals surface area contributed by atoms with Gasteiger partial charge in [0.2, 0.25) is 5.60 Å². The molecule has 1 amide bonds. The number of carbonyl (C=O) groups is 2. The van der Waals surface area contributed by atoms with Gasteiger partial charge in [-0.1, -0.05) is 29.8 Å². The number of rotatable bonds is 7. The fraction of sp³-hybridized carbons (Fsp3) is 0.160. The van der Waals surface area contributed by atoms with Crippen LogP contribution in [0.2, 0.25) is 5.02 Å². The molecule has 0 saturated carbocycles. The van der Waals surface area contributed by atoms with Crippen LogP contribution in [0.15, 0.2) is 66.7 Å². The van der Waals surface area contributed by atoms with Gasteiger partial charge in [0.25, 0.3) is 5.91 Å². The third kappa shape index (κ3) is 6.31. The molecule has 0 bridgehead atoms.